The molecule has 0 amide bonds. The molecule has 0 saturated carbocycles. The molecule has 0 bridgehead atoms. The number of hydrogen-bond donors (Lipinski definition) is 1. The number of nitrogens with zero attached hydrogens (tertiary/aromatic N) is 1. The molecule has 0 aromatic rings. The molecule has 0 rings (SSSR count). The van der Waals surface area contributed by atoms with Gasteiger partial charge in [-0.25, -0.2) is 0 Å². The predicted molar refractivity (Wildman–Crippen MR) is 101 cm³/mol. The Morgan fingerprint density at radius 2 is 2.04 bits per heavy atom. The summed E-state index contributed by atoms with van der Waals surface area (Å²) in [6, 6.07) is -0.00948. The zero-order valence-corrected chi connectivity index (χ0v) is 15.2. The van der Waals surface area contributed by atoms with Crippen LogP contribution in [-0.2, 0) is 4.79 Å². The first-order valence-corrected chi connectivity index (χ1v) is 8.54. The fraction of sp³-hybridized carbons (Fsp3) is 0.600. The largest absolute Gasteiger partial charge is 0.311 e. The molecule has 0 aliphatic rings. The van der Waals surface area contributed by atoms with Gasteiger partial charge in [0.2, 0.25) is 0 Å². The SMILES string of the molecule is C#CC=CC(=CCC)CCC(C)=NCCCCC(NC)C(C)=O. The van der Waals surface area contributed by atoms with Crippen LogP contribution in [0.2, 0.25) is 0 Å². The predicted octanol–water partition coefficient (Wildman–Crippen LogP) is 4.10. The lowest BCUT2D eigenvalue weighted by molar-refractivity contribution is -0.119. The van der Waals surface area contributed by atoms with E-state index in [2.05, 4.69) is 36.2 Å². The highest BCUT2D eigenvalue weighted by Gasteiger charge is 2.09. The Hall–Kier alpha value is -1.66. The van der Waals surface area contributed by atoms with Gasteiger partial charge in [-0.3, -0.25) is 9.79 Å². The molecule has 1 N–H and O–H groups in total. The number of aliphatic imine (C=N–C) groups is 1. The molecular formula is C20H32N2O. The van der Waals surface area contributed by atoms with E-state index in [0.29, 0.717) is 0 Å². The number of allylic oxidation sites excluding steroid dienone is 4. The smallest absolute Gasteiger partial charge is 0.146 e. The summed E-state index contributed by atoms with van der Waals surface area (Å²) in [6.07, 6.45) is 17.1. The van der Waals surface area contributed by atoms with Crippen LogP contribution in [0.1, 0.15) is 59.3 Å². The van der Waals surface area contributed by atoms with Gasteiger partial charge in [0.1, 0.15) is 5.78 Å². The normalized spacial score (nSPS) is 14.0. The number of carbonyl (C=O) groups is 1. The van der Waals surface area contributed by atoms with Crippen LogP contribution in [-0.4, -0.2) is 31.1 Å². The molecule has 128 valence electrons. The van der Waals surface area contributed by atoms with Crippen LogP contribution >= 0.6 is 0 Å². The average Bonchev–Trinajstić information content (AvgIpc) is 2.53. The fourth-order valence-corrected chi connectivity index (χ4v) is 2.36. The van der Waals surface area contributed by atoms with Crippen molar-refractivity contribution >= 4 is 11.5 Å². The highest BCUT2D eigenvalue weighted by atomic mass is 16.1. The number of carbonyl (C=O) groups excluding carboxylic acids is 1. The lowest BCUT2D eigenvalue weighted by atomic mass is 10.1. The summed E-state index contributed by atoms with van der Waals surface area (Å²) in [5, 5.41) is 3.05. The third kappa shape index (κ3) is 11.5. The zero-order valence-electron chi connectivity index (χ0n) is 15.2. The number of nitrogens with one attached hydrogen (secondary N) is 1. The number of hydrogen-bond acceptors (Lipinski definition) is 3. The van der Waals surface area contributed by atoms with E-state index in [0.717, 1.165) is 45.1 Å². The van der Waals surface area contributed by atoms with Gasteiger partial charge in [0, 0.05) is 12.3 Å². The first kappa shape index (κ1) is 21.3. The molecule has 1 unspecified atom stereocenters. The molecule has 0 aliphatic carbocycles. The Morgan fingerprint density at radius 3 is 2.61 bits per heavy atom. The molecule has 0 heterocycles. The van der Waals surface area contributed by atoms with Crippen LogP contribution in [0.4, 0.5) is 0 Å². The minimum absolute atomic E-state index is 0.00948. The quantitative estimate of drug-likeness (QED) is 0.255. The monoisotopic (exact) mass is 316 g/mol. The summed E-state index contributed by atoms with van der Waals surface area (Å²) in [6.45, 7) is 6.69. The second kappa shape index (κ2) is 14.0. The number of unbranched alkanes of at least 4 members (excludes halogenated alkanes) is 1. The molecule has 0 aliphatic heterocycles. The Balaban J connectivity index is 4.08. The Bertz CT molecular complexity index is 467. The number of rotatable bonds is 12. The van der Waals surface area contributed by atoms with Gasteiger partial charge < -0.3 is 5.32 Å². The molecule has 0 spiro atoms. The van der Waals surface area contributed by atoms with E-state index >= 15 is 0 Å². The Kier molecular flexibility index (Phi) is 13.0. The van der Waals surface area contributed by atoms with Crippen molar-refractivity contribution in [2.45, 2.75) is 65.3 Å². The maximum absolute atomic E-state index is 11.3. The minimum atomic E-state index is -0.00948. The second-order valence-corrected chi connectivity index (χ2v) is 5.75. The standard InChI is InChI=1S/C20H32N2O/c1-6-8-12-19(11-7-2)15-14-17(3)22-16-10-9-13-20(21-5)18(4)23/h1,8,11-12,20-21H,7,9-10,13-16H2,2-5H3. The van der Waals surface area contributed by atoms with E-state index in [-0.39, 0.29) is 11.8 Å². The van der Waals surface area contributed by atoms with Gasteiger partial charge in [0.05, 0.1) is 6.04 Å². The van der Waals surface area contributed by atoms with Gasteiger partial charge in [0.25, 0.3) is 0 Å². The van der Waals surface area contributed by atoms with E-state index in [1.807, 2.05) is 13.1 Å². The zero-order chi connectivity index (χ0) is 17.5. The number of likely N-dealkylation sites (N-methyl/N-ethyl adjacent to an activating group) is 1. The third-order valence-corrected chi connectivity index (χ3v) is 3.76. The number of Topliss-reactive ketones (excluding diaryl/α,β-unsaturated/α-hetero) is 1. The molecule has 0 saturated heterocycles. The van der Waals surface area contributed by atoms with Crippen molar-refractivity contribution in [2.75, 3.05) is 13.6 Å². The van der Waals surface area contributed by atoms with E-state index < -0.39 is 0 Å². The van der Waals surface area contributed by atoms with Gasteiger partial charge in [-0.2, -0.15) is 0 Å². The average molecular weight is 316 g/mol. The van der Waals surface area contributed by atoms with Crippen molar-refractivity contribution in [1.29, 1.82) is 0 Å². The Labute approximate surface area is 142 Å². The molecular weight excluding hydrogens is 284 g/mol. The van der Waals surface area contributed by atoms with Crippen LogP contribution in [0.3, 0.4) is 0 Å². The van der Waals surface area contributed by atoms with Crippen LogP contribution in [0.25, 0.3) is 0 Å². The maximum Gasteiger partial charge on any atom is 0.146 e. The lowest BCUT2D eigenvalue weighted by Gasteiger charge is -2.11. The molecule has 0 fully saturated rings. The second-order valence-electron chi connectivity index (χ2n) is 5.75. The summed E-state index contributed by atoms with van der Waals surface area (Å²) in [5.41, 5.74) is 2.45. The summed E-state index contributed by atoms with van der Waals surface area (Å²) in [4.78, 5) is 15.9. The highest BCUT2D eigenvalue weighted by Crippen LogP contribution is 2.10. The lowest BCUT2D eigenvalue weighted by Crippen LogP contribution is -2.32. The van der Waals surface area contributed by atoms with Gasteiger partial charge in [-0.1, -0.05) is 30.6 Å². The summed E-state index contributed by atoms with van der Waals surface area (Å²) in [7, 11) is 1.84. The fourth-order valence-electron chi connectivity index (χ4n) is 2.36. The van der Waals surface area contributed by atoms with Crippen molar-refractivity contribution < 1.29 is 4.79 Å². The van der Waals surface area contributed by atoms with Crippen molar-refractivity contribution in [3.05, 3.63) is 23.8 Å². The summed E-state index contributed by atoms with van der Waals surface area (Å²) in [5.74, 6) is 2.74. The van der Waals surface area contributed by atoms with Crippen molar-refractivity contribution in [3.8, 4) is 12.3 Å². The maximum atomic E-state index is 11.3. The van der Waals surface area contributed by atoms with E-state index in [1.54, 1.807) is 13.0 Å². The molecule has 1 atom stereocenters. The van der Waals surface area contributed by atoms with E-state index in [4.69, 9.17) is 6.42 Å². The van der Waals surface area contributed by atoms with Crippen molar-refractivity contribution in [3.63, 3.8) is 0 Å². The topological polar surface area (TPSA) is 41.5 Å². The van der Waals surface area contributed by atoms with Crippen LogP contribution in [0.5, 0.6) is 0 Å². The van der Waals surface area contributed by atoms with Crippen molar-refractivity contribution in [1.82, 2.24) is 5.32 Å². The molecule has 3 heteroatoms. The molecule has 23 heavy (non-hydrogen) atoms. The van der Waals surface area contributed by atoms with E-state index in [9.17, 15) is 4.79 Å². The van der Waals surface area contributed by atoms with Crippen LogP contribution in [0.15, 0.2) is 28.8 Å². The molecule has 3 nitrogen and oxygen atoms in total. The number of ketones is 1. The summed E-state index contributed by atoms with van der Waals surface area (Å²) >= 11 is 0. The van der Waals surface area contributed by atoms with Crippen LogP contribution < -0.4 is 5.32 Å². The minimum Gasteiger partial charge on any atom is -0.311 e. The third-order valence-electron chi connectivity index (χ3n) is 3.76. The van der Waals surface area contributed by atoms with E-state index in [1.165, 1.54) is 11.3 Å². The van der Waals surface area contributed by atoms with Gasteiger partial charge in [-0.05, 0) is 65.5 Å². The van der Waals surface area contributed by atoms with Crippen molar-refractivity contribution in [2.24, 2.45) is 4.99 Å². The molecule has 0 radical (unpaired) electrons. The first-order chi connectivity index (χ1) is 11.0. The highest BCUT2D eigenvalue weighted by molar-refractivity contribution is 5.82. The Morgan fingerprint density at radius 1 is 1.30 bits per heavy atom. The van der Waals surface area contributed by atoms with Gasteiger partial charge in [-0.15, -0.1) is 6.42 Å². The summed E-state index contributed by atoms with van der Waals surface area (Å²) < 4.78 is 0. The van der Waals surface area contributed by atoms with Crippen LogP contribution in [0, 0.1) is 12.3 Å². The van der Waals surface area contributed by atoms with Gasteiger partial charge in [0.15, 0.2) is 0 Å². The van der Waals surface area contributed by atoms with Gasteiger partial charge >= 0.3 is 0 Å². The first-order valence-electron chi connectivity index (χ1n) is 8.54. The number of terminal acetylenes is 1. The molecule has 0 aromatic carbocycles. The molecule has 0 aromatic heterocycles.